The van der Waals surface area contributed by atoms with Crippen molar-refractivity contribution in [3.8, 4) is 11.5 Å². The number of carbonyl (C=O) groups is 3. The molecule has 2 aromatic carbocycles. The molecular formula is C20H20ClNO6. The zero-order valence-corrected chi connectivity index (χ0v) is 16.2. The molecule has 2 N–H and O–H groups in total. The molecule has 0 aliphatic carbocycles. The van der Waals surface area contributed by atoms with Crippen LogP contribution in [0.25, 0.3) is 0 Å². The van der Waals surface area contributed by atoms with E-state index in [1.807, 2.05) is 19.1 Å². The van der Waals surface area contributed by atoms with Crippen molar-refractivity contribution >= 4 is 29.3 Å². The van der Waals surface area contributed by atoms with Crippen molar-refractivity contribution in [3.63, 3.8) is 0 Å². The zero-order chi connectivity index (χ0) is 20.7. The molecule has 0 saturated heterocycles. The van der Waals surface area contributed by atoms with Crippen molar-refractivity contribution < 1.29 is 28.6 Å². The third-order valence-electron chi connectivity index (χ3n) is 3.84. The number of esters is 1. The van der Waals surface area contributed by atoms with E-state index < -0.39 is 25.1 Å². The largest absolute Gasteiger partial charge is 0.493 e. The molecule has 0 aliphatic heterocycles. The number of amides is 1. The molecule has 8 heteroatoms. The summed E-state index contributed by atoms with van der Waals surface area (Å²) in [6, 6.07) is 9.73. The third kappa shape index (κ3) is 5.47. The van der Waals surface area contributed by atoms with Gasteiger partial charge in [0.15, 0.2) is 30.5 Å². The van der Waals surface area contributed by atoms with Gasteiger partial charge in [-0.15, -0.1) is 0 Å². The van der Waals surface area contributed by atoms with Gasteiger partial charge in [0.1, 0.15) is 0 Å². The van der Waals surface area contributed by atoms with Crippen LogP contribution >= 0.6 is 11.6 Å². The molecule has 0 aliphatic rings. The minimum Gasteiger partial charge on any atom is -0.493 e. The Morgan fingerprint density at radius 1 is 1.04 bits per heavy atom. The molecule has 28 heavy (non-hydrogen) atoms. The number of carbonyl (C=O) groups excluding carboxylic acids is 3. The van der Waals surface area contributed by atoms with Gasteiger partial charge in [0.25, 0.3) is 5.91 Å². The standard InChI is InChI=1S/C20H20ClNO6/c1-3-12-4-6-13(7-5-12)16(23)10-28-20(25)14-8-15(21)19(17(9-14)26-2)27-11-18(22)24/h4-9H,3,10-11H2,1-2H3,(H2,22,24). The maximum atomic E-state index is 12.3. The Morgan fingerprint density at radius 3 is 2.29 bits per heavy atom. The maximum absolute atomic E-state index is 12.3. The van der Waals surface area contributed by atoms with Crippen molar-refractivity contribution in [2.75, 3.05) is 20.3 Å². The quantitative estimate of drug-likeness (QED) is 0.508. The fourth-order valence-electron chi connectivity index (χ4n) is 2.35. The van der Waals surface area contributed by atoms with Crippen molar-refractivity contribution in [3.05, 3.63) is 58.1 Å². The van der Waals surface area contributed by atoms with E-state index in [9.17, 15) is 14.4 Å². The van der Waals surface area contributed by atoms with Crippen LogP contribution in [-0.4, -0.2) is 38.0 Å². The molecule has 0 fully saturated rings. The van der Waals surface area contributed by atoms with E-state index in [0.717, 1.165) is 12.0 Å². The van der Waals surface area contributed by atoms with Crippen molar-refractivity contribution in [1.82, 2.24) is 0 Å². The van der Waals surface area contributed by atoms with Gasteiger partial charge in [-0.05, 0) is 24.1 Å². The fourth-order valence-corrected chi connectivity index (χ4v) is 2.61. The summed E-state index contributed by atoms with van der Waals surface area (Å²) in [5, 5.41) is 0.0361. The minimum atomic E-state index is -0.750. The summed E-state index contributed by atoms with van der Waals surface area (Å²) in [5.41, 5.74) is 6.67. The van der Waals surface area contributed by atoms with Gasteiger partial charge in [-0.3, -0.25) is 9.59 Å². The Morgan fingerprint density at radius 2 is 1.71 bits per heavy atom. The molecule has 7 nitrogen and oxygen atoms in total. The van der Waals surface area contributed by atoms with E-state index in [4.69, 9.17) is 31.5 Å². The van der Waals surface area contributed by atoms with Crippen molar-refractivity contribution in [1.29, 1.82) is 0 Å². The first kappa shape index (κ1) is 21.2. The highest BCUT2D eigenvalue weighted by Gasteiger charge is 2.18. The molecule has 148 valence electrons. The van der Waals surface area contributed by atoms with Crippen LogP contribution in [-0.2, 0) is 16.0 Å². The summed E-state index contributed by atoms with van der Waals surface area (Å²) in [6.07, 6.45) is 0.866. The van der Waals surface area contributed by atoms with Gasteiger partial charge in [0.05, 0.1) is 17.7 Å². The second-order valence-electron chi connectivity index (χ2n) is 5.79. The molecule has 1 amide bonds. The molecule has 2 aromatic rings. The van der Waals surface area contributed by atoms with Gasteiger partial charge in [-0.25, -0.2) is 4.79 Å². The molecule has 0 atom stereocenters. The van der Waals surface area contributed by atoms with E-state index in [0.29, 0.717) is 5.56 Å². The second kappa shape index (κ2) is 9.75. The van der Waals surface area contributed by atoms with Crippen LogP contribution in [0.5, 0.6) is 11.5 Å². The summed E-state index contributed by atoms with van der Waals surface area (Å²) >= 11 is 6.10. The normalized spacial score (nSPS) is 10.2. The summed E-state index contributed by atoms with van der Waals surface area (Å²) in [6.45, 7) is 1.21. The Hall–Kier alpha value is -3.06. The first-order valence-electron chi connectivity index (χ1n) is 8.43. The lowest BCUT2D eigenvalue weighted by atomic mass is 10.1. The van der Waals surface area contributed by atoms with Crippen molar-refractivity contribution in [2.24, 2.45) is 5.73 Å². The highest BCUT2D eigenvalue weighted by atomic mass is 35.5. The molecule has 0 radical (unpaired) electrons. The number of ketones is 1. The third-order valence-corrected chi connectivity index (χ3v) is 4.12. The number of hydrogen-bond donors (Lipinski definition) is 1. The summed E-state index contributed by atoms with van der Waals surface area (Å²) in [7, 11) is 1.35. The molecule has 0 bridgehead atoms. The topological polar surface area (TPSA) is 105 Å². The van der Waals surface area contributed by atoms with E-state index in [-0.39, 0.29) is 27.9 Å². The molecule has 0 spiro atoms. The monoisotopic (exact) mass is 405 g/mol. The van der Waals surface area contributed by atoms with Gasteiger partial charge >= 0.3 is 5.97 Å². The number of aryl methyl sites for hydroxylation is 1. The number of halogens is 1. The number of methoxy groups -OCH3 is 1. The summed E-state index contributed by atoms with van der Waals surface area (Å²) in [5.74, 6) is -1.56. The minimum absolute atomic E-state index is 0.0361. The number of Topliss-reactive ketones (excluding diaryl/α,β-unsaturated/α-hetero) is 1. The summed E-state index contributed by atoms with van der Waals surface area (Å²) < 4.78 is 15.4. The Bertz CT molecular complexity index is 879. The van der Waals surface area contributed by atoms with E-state index in [2.05, 4.69) is 0 Å². The van der Waals surface area contributed by atoms with Crippen LogP contribution in [0.3, 0.4) is 0 Å². The number of primary amides is 1. The highest BCUT2D eigenvalue weighted by Crippen LogP contribution is 2.36. The second-order valence-corrected chi connectivity index (χ2v) is 6.20. The molecule has 2 rings (SSSR count). The van der Waals surface area contributed by atoms with Crippen molar-refractivity contribution in [2.45, 2.75) is 13.3 Å². The lowest BCUT2D eigenvalue weighted by molar-refractivity contribution is -0.119. The van der Waals surface area contributed by atoms with Crippen LogP contribution in [0, 0.1) is 0 Å². The zero-order valence-electron chi connectivity index (χ0n) is 15.5. The Balaban J connectivity index is 2.07. The lowest BCUT2D eigenvalue weighted by Gasteiger charge is -2.13. The molecule has 0 saturated carbocycles. The molecule has 0 aromatic heterocycles. The van der Waals surface area contributed by atoms with Crippen LogP contribution in [0.1, 0.15) is 33.2 Å². The number of ether oxygens (including phenoxy) is 3. The average Bonchev–Trinajstić information content (AvgIpc) is 2.70. The van der Waals surface area contributed by atoms with Crippen LogP contribution in [0.4, 0.5) is 0 Å². The lowest BCUT2D eigenvalue weighted by Crippen LogP contribution is -2.20. The number of nitrogens with two attached hydrogens (primary N) is 1. The maximum Gasteiger partial charge on any atom is 0.338 e. The Kier molecular flexibility index (Phi) is 7.40. The van der Waals surface area contributed by atoms with Crippen LogP contribution < -0.4 is 15.2 Å². The molecule has 0 heterocycles. The van der Waals surface area contributed by atoms with Gasteiger partial charge in [-0.2, -0.15) is 0 Å². The summed E-state index contributed by atoms with van der Waals surface area (Å²) in [4.78, 5) is 35.3. The molecular weight excluding hydrogens is 386 g/mol. The van der Waals surface area contributed by atoms with Gasteiger partial charge in [0, 0.05) is 5.56 Å². The van der Waals surface area contributed by atoms with Gasteiger partial charge in [0.2, 0.25) is 0 Å². The van der Waals surface area contributed by atoms with E-state index in [1.165, 1.54) is 19.2 Å². The smallest absolute Gasteiger partial charge is 0.338 e. The SMILES string of the molecule is CCc1ccc(C(=O)COC(=O)c2cc(Cl)c(OCC(N)=O)c(OC)c2)cc1. The van der Waals surface area contributed by atoms with Gasteiger partial charge in [-0.1, -0.05) is 42.8 Å². The van der Waals surface area contributed by atoms with E-state index in [1.54, 1.807) is 12.1 Å². The predicted octanol–water partition coefficient (Wildman–Crippen LogP) is 2.81. The number of rotatable bonds is 9. The first-order valence-corrected chi connectivity index (χ1v) is 8.81. The first-order chi connectivity index (χ1) is 13.3. The fraction of sp³-hybridized carbons (Fsp3) is 0.250. The number of benzene rings is 2. The van der Waals surface area contributed by atoms with Gasteiger partial charge < -0.3 is 19.9 Å². The Labute approximate surface area is 167 Å². The molecule has 0 unspecified atom stereocenters. The van der Waals surface area contributed by atoms with E-state index >= 15 is 0 Å². The van der Waals surface area contributed by atoms with Crippen LogP contribution in [0.15, 0.2) is 36.4 Å². The van der Waals surface area contributed by atoms with Crippen LogP contribution in [0.2, 0.25) is 5.02 Å². The highest BCUT2D eigenvalue weighted by molar-refractivity contribution is 6.32. The number of hydrogen-bond acceptors (Lipinski definition) is 6. The average molecular weight is 406 g/mol. The predicted molar refractivity (Wildman–Crippen MR) is 103 cm³/mol.